The Morgan fingerprint density at radius 2 is 1.85 bits per heavy atom. The number of hydrogen-bond acceptors (Lipinski definition) is 5. The fourth-order valence-electron chi connectivity index (χ4n) is 3.59. The smallest absolute Gasteiger partial charge is 0.248 e. The largest absolute Gasteiger partial charge is 0.496 e. The van der Waals surface area contributed by atoms with Crippen molar-refractivity contribution in [3.05, 3.63) is 83.6 Å². The number of amides is 1. The number of anilines is 1. The van der Waals surface area contributed by atoms with E-state index in [1.165, 1.54) is 24.3 Å². The number of rotatable bonds is 6. The van der Waals surface area contributed by atoms with Gasteiger partial charge in [0, 0.05) is 39.4 Å². The molecule has 1 heterocycles. The number of nitrogens with two attached hydrogens (primary N) is 1. The van der Waals surface area contributed by atoms with Crippen molar-refractivity contribution in [3.8, 4) is 16.9 Å². The molecule has 34 heavy (non-hydrogen) atoms. The summed E-state index contributed by atoms with van der Waals surface area (Å²) in [5, 5.41) is 9.31. The third-order valence-corrected chi connectivity index (χ3v) is 6.42. The van der Waals surface area contributed by atoms with Crippen LogP contribution in [-0.4, -0.2) is 21.4 Å². The van der Waals surface area contributed by atoms with Crippen LogP contribution in [0.15, 0.2) is 82.3 Å². The maximum absolute atomic E-state index is 12.7. The minimum absolute atomic E-state index is 0.0900. The van der Waals surface area contributed by atoms with Gasteiger partial charge in [-0.05, 0) is 54.5 Å². The topological polar surface area (TPSA) is 112 Å². The minimum atomic E-state index is -3.88. The summed E-state index contributed by atoms with van der Waals surface area (Å²) in [6.45, 7) is 1.78. The molecule has 0 aliphatic heterocycles. The molecule has 3 aromatic carbocycles. The number of benzene rings is 3. The van der Waals surface area contributed by atoms with E-state index < -0.39 is 15.9 Å². The summed E-state index contributed by atoms with van der Waals surface area (Å²) in [5.41, 5.74) is 4.12. The molecule has 4 aromatic rings. The first kappa shape index (κ1) is 23.6. The van der Waals surface area contributed by atoms with Crippen LogP contribution in [0, 0.1) is 0 Å². The van der Waals surface area contributed by atoms with Gasteiger partial charge in [-0.15, -0.1) is 0 Å². The van der Waals surface area contributed by atoms with Gasteiger partial charge < -0.3 is 14.5 Å². The summed E-state index contributed by atoms with van der Waals surface area (Å²) in [6, 6.07) is 16.8. The Bertz CT molecular complexity index is 1520. The second kappa shape index (κ2) is 9.34. The van der Waals surface area contributed by atoms with Gasteiger partial charge >= 0.3 is 0 Å². The van der Waals surface area contributed by atoms with Crippen molar-refractivity contribution in [2.75, 3.05) is 12.4 Å². The summed E-state index contributed by atoms with van der Waals surface area (Å²) in [7, 11) is -2.34. The second-order valence-electron chi connectivity index (χ2n) is 7.59. The van der Waals surface area contributed by atoms with E-state index in [2.05, 4.69) is 5.32 Å². The normalized spacial score (nSPS) is 12.1. The van der Waals surface area contributed by atoms with Crippen LogP contribution in [0.4, 0.5) is 5.69 Å². The van der Waals surface area contributed by atoms with E-state index in [9.17, 15) is 13.2 Å². The monoisotopic (exact) mass is 496 g/mol. The van der Waals surface area contributed by atoms with E-state index >= 15 is 0 Å². The van der Waals surface area contributed by atoms with Crippen LogP contribution in [-0.2, 0) is 14.8 Å². The molecular weight excluding hydrogens is 476 g/mol. The highest BCUT2D eigenvalue weighted by molar-refractivity contribution is 7.89. The number of ether oxygens (including phenoxy) is 1. The van der Waals surface area contributed by atoms with E-state index in [0.29, 0.717) is 33.2 Å². The van der Waals surface area contributed by atoms with Crippen LogP contribution in [0.5, 0.6) is 5.75 Å². The number of nitrogens with one attached hydrogen (secondary N) is 1. The molecule has 174 valence electrons. The average molecular weight is 497 g/mol. The van der Waals surface area contributed by atoms with Crippen molar-refractivity contribution < 1.29 is 22.4 Å². The molecule has 0 spiro atoms. The first-order valence-electron chi connectivity index (χ1n) is 10.1. The Kier molecular flexibility index (Phi) is 6.47. The van der Waals surface area contributed by atoms with E-state index in [1.807, 2.05) is 18.2 Å². The number of furan rings is 1. The summed E-state index contributed by atoms with van der Waals surface area (Å²) < 4.78 is 34.4. The highest BCUT2D eigenvalue weighted by atomic mass is 35.5. The van der Waals surface area contributed by atoms with E-state index in [1.54, 1.807) is 44.6 Å². The molecule has 0 aliphatic carbocycles. The highest BCUT2D eigenvalue weighted by Gasteiger charge is 2.15. The predicted octanol–water partition coefficient (Wildman–Crippen LogP) is 5.45. The maximum atomic E-state index is 12.7. The lowest BCUT2D eigenvalue weighted by atomic mass is 9.99. The Hall–Kier alpha value is -3.59. The Balaban J connectivity index is 1.68. The number of hydrogen-bond donors (Lipinski definition) is 2. The molecule has 9 heteroatoms. The summed E-state index contributed by atoms with van der Waals surface area (Å²) >= 11 is 6.01. The lowest BCUT2D eigenvalue weighted by Crippen LogP contribution is -2.13. The van der Waals surface area contributed by atoms with Gasteiger partial charge in [0.15, 0.2) is 0 Å². The summed E-state index contributed by atoms with van der Waals surface area (Å²) in [4.78, 5) is 12.6. The SMILES string of the molecule is COc1cc2occ(-c3ccc(Cl)cc3)c2cc1/C(C)=C/C(=O)Nc1cccc(S(N)(=O)=O)c1. The molecule has 1 aromatic heterocycles. The van der Waals surface area contributed by atoms with Crippen LogP contribution in [0.1, 0.15) is 12.5 Å². The quantitative estimate of drug-likeness (QED) is 0.345. The van der Waals surface area contributed by atoms with E-state index in [4.69, 9.17) is 25.9 Å². The maximum Gasteiger partial charge on any atom is 0.248 e. The number of allylic oxidation sites excluding steroid dienone is 1. The van der Waals surface area contributed by atoms with Crippen molar-refractivity contribution in [3.63, 3.8) is 0 Å². The lowest BCUT2D eigenvalue weighted by molar-refractivity contribution is -0.111. The van der Waals surface area contributed by atoms with Gasteiger partial charge in [-0.25, -0.2) is 13.6 Å². The van der Waals surface area contributed by atoms with Crippen LogP contribution < -0.4 is 15.2 Å². The van der Waals surface area contributed by atoms with Crippen LogP contribution in [0.2, 0.25) is 5.02 Å². The molecule has 0 atom stereocenters. The van der Waals surface area contributed by atoms with Crippen LogP contribution in [0.25, 0.3) is 27.7 Å². The molecule has 0 saturated carbocycles. The Labute approximate surface area is 201 Å². The zero-order valence-corrected chi connectivity index (χ0v) is 19.9. The number of methoxy groups -OCH3 is 1. The average Bonchev–Trinajstić information content (AvgIpc) is 3.21. The zero-order chi connectivity index (χ0) is 24.5. The molecule has 0 saturated heterocycles. The van der Waals surface area contributed by atoms with Gasteiger partial charge in [-0.2, -0.15) is 0 Å². The van der Waals surface area contributed by atoms with Crippen molar-refractivity contribution in [2.24, 2.45) is 5.14 Å². The third-order valence-electron chi connectivity index (χ3n) is 5.25. The number of fused-ring (bicyclic) bond motifs is 1. The fourth-order valence-corrected chi connectivity index (χ4v) is 4.27. The first-order valence-corrected chi connectivity index (χ1v) is 12.1. The molecule has 4 rings (SSSR count). The van der Waals surface area contributed by atoms with Gasteiger partial charge in [-0.3, -0.25) is 4.79 Å². The first-order chi connectivity index (χ1) is 16.2. The third kappa shape index (κ3) is 4.99. The number of carbonyl (C=O) groups is 1. The van der Waals surface area contributed by atoms with Crippen molar-refractivity contribution >= 4 is 49.8 Å². The predicted molar refractivity (Wildman–Crippen MR) is 133 cm³/mol. The van der Waals surface area contributed by atoms with Gasteiger partial charge in [0.2, 0.25) is 15.9 Å². The van der Waals surface area contributed by atoms with Crippen molar-refractivity contribution in [1.29, 1.82) is 0 Å². The Morgan fingerprint density at radius 1 is 1.12 bits per heavy atom. The zero-order valence-electron chi connectivity index (χ0n) is 18.3. The molecule has 0 fully saturated rings. The Morgan fingerprint density at radius 3 is 2.53 bits per heavy atom. The molecule has 0 radical (unpaired) electrons. The highest BCUT2D eigenvalue weighted by Crippen LogP contribution is 2.37. The van der Waals surface area contributed by atoms with Gasteiger partial charge in [0.05, 0.1) is 18.3 Å². The number of sulfonamides is 1. The fraction of sp³-hybridized carbons (Fsp3) is 0.0800. The number of primary sulfonamides is 1. The van der Waals surface area contributed by atoms with E-state index in [-0.39, 0.29) is 4.90 Å². The molecule has 0 unspecified atom stereocenters. The van der Waals surface area contributed by atoms with E-state index in [0.717, 1.165) is 16.5 Å². The van der Waals surface area contributed by atoms with Crippen LogP contribution in [0.3, 0.4) is 0 Å². The van der Waals surface area contributed by atoms with Gasteiger partial charge in [0.25, 0.3) is 0 Å². The van der Waals surface area contributed by atoms with Crippen molar-refractivity contribution in [1.82, 2.24) is 0 Å². The molecule has 0 aliphatic rings. The van der Waals surface area contributed by atoms with Gasteiger partial charge in [0.1, 0.15) is 11.3 Å². The minimum Gasteiger partial charge on any atom is -0.496 e. The van der Waals surface area contributed by atoms with Crippen LogP contribution >= 0.6 is 11.6 Å². The lowest BCUT2D eigenvalue weighted by Gasteiger charge is -2.10. The number of halogens is 1. The molecular formula is C25H21ClN2O5S. The molecule has 0 bridgehead atoms. The second-order valence-corrected chi connectivity index (χ2v) is 9.59. The summed E-state index contributed by atoms with van der Waals surface area (Å²) in [5.74, 6) is 0.110. The molecule has 1 amide bonds. The standard InChI is InChI=1S/C25H21ClN2O5S/c1-15(10-25(29)28-18-4-3-5-19(11-18)34(27,30)31)20-12-21-22(16-6-8-17(26)9-7-16)14-33-24(21)13-23(20)32-2/h3-14H,1-2H3,(H,28,29)(H2,27,30,31)/b15-10+. The summed E-state index contributed by atoms with van der Waals surface area (Å²) in [6.07, 6.45) is 3.08. The molecule has 3 N–H and O–H groups in total. The van der Waals surface area contributed by atoms with Crippen molar-refractivity contribution in [2.45, 2.75) is 11.8 Å². The molecule has 7 nitrogen and oxygen atoms in total. The van der Waals surface area contributed by atoms with Gasteiger partial charge in [-0.1, -0.05) is 29.8 Å². The number of carbonyl (C=O) groups excluding carboxylic acids is 1.